The quantitative estimate of drug-likeness (QED) is 0.430. The van der Waals surface area contributed by atoms with Crippen molar-refractivity contribution >= 4 is 31.9 Å². The van der Waals surface area contributed by atoms with Crippen LogP contribution < -0.4 is 9.47 Å². The standard InChI is InChI=1S/C17H18Br2O2/c18-12-14-6-1-3-8-16(14)20-10-5-11-21-17-9-4-2-7-15(17)13-19/h1-4,6-9H,5,10-13H2. The minimum absolute atomic E-state index is 0.653. The molecular formula is C17H18Br2O2. The maximum absolute atomic E-state index is 5.80. The normalized spacial score (nSPS) is 10.4. The summed E-state index contributed by atoms with van der Waals surface area (Å²) in [6, 6.07) is 16.1. The first-order chi connectivity index (χ1) is 10.3. The van der Waals surface area contributed by atoms with Crippen molar-refractivity contribution in [2.45, 2.75) is 17.1 Å². The summed E-state index contributed by atoms with van der Waals surface area (Å²) in [6.45, 7) is 1.31. The van der Waals surface area contributed by atoms with E-state index >= 15 is 0 Å². The topological polar surface area (TPSA) is 18.5 Å². The minimum Gasteiger partial charge on any atom is -0.493 e. The third kappa shape index (κ3) is 5.04. The van der Waals surface area contributed by atoms with Gasteiger partial charge in [-0.25, -0.2) is 0 Å². The van der Waals surface area contributed by atoms with Gasteiger partial charge in [-0.15, -0.1) is 0 Å². The smallest absolute Gasteiger partial charge is 0.123 e. The molecule has 4 heteroatoms. The van der Waals surface area contributed by atoms with E-state index in [0.717, 1.165) is 28.6 Å². The van der Waals surface area contributed by atoms with Crippen LogP contribution in [0.15, 0.2) is 48.5 Å². The SMILES string of the molecule is BrCc1ccccc1OCCCOc1ccccc1CBr. The average molecular weight is 414 g/mol. The number of hydrogen-bond acceptors (Lipinski definition) is 2. The number of benzene rings is 2. The molecule has 0 N–H and O–H groups in total. The molecule has 0 aliphatic heterocycles. The number of ether oxygens (including phenoxy) is 2. The van der Waals surface area contributed by atoms with Gasteiger partial charge in [-0.05, 0) is 12.1 Å². The molecular weight excluding hydrogens is 396 g/mol. The number of halogens is 2. The van der Waals surface area contributed by atoms with E-state index in [1.54, 1.807) is 0 Å². The third-order valence-corrected chi connectivity index (χ3v) is 4.25. The van der Waals surface area contributed by atoms with Gasteiger partial charge in [0.2, 0.25) is 0 Å². The van der Waals surface area contributed by atoms with Crippen LogP contribution in [0.4, 0.5) is 0 Å². The Kier molecular flexibility index (Phi) is 7.10. The lowest BCUT2D eigenvalue weighted by Gasteiger charge is -2.12. The van der Waals surface area contributed by atoms with E-state index in [1.807, 2.05) is 36.4 Å². The predicted molar refractivity (Wildman–Crippen MR) is 93.8 cm³/mol. The van der Waals surface area contributed by atoms with Crippen LogP contribution in [0.25, 0.3) is 0 Å². The van der Waals surface area contributed by atoms with Crippen LogP contribution in [0, 0.1) is 0 Å². The van der Waals surface area contributed by atoms with Gasteiger partial charge in [0.25, 0.3) is 0 Å². The maximum atomic E-state index is 5.80. The Labute approximate surface area is 142 Å². The number of alkyl halides is 2. The van der Waals surface area contributed by atoms with E-state index in [-0.39, 0.29) is 0 Å². The molecule has 0 aliphatic rings. The fourth-order valence-electron chi connectivity index (χ4n) is 1.93. The van der Waals surface area contributed by atoms with Gasteiger partial charge in [0, 0.05) is 28.2 Å². The number of rotatable bonds is 8. The Morgan fingerprint density at radius 3 is 1.52 bits per heavy atom. The highest BCUT2D eigenvalue weighted by Crippen LogP contribution is 2.22. The summed E-state index contributed by atoms with van der Waals surface area (Å²) in [7, 11) is 0. The molecule has 0 saturated carbocycles. The van der Waals surface area contributed by atoms with Crippen LogP contribution in [0.3, 0.4) is 0 Å². The molecule has 0 aromatic heterocycles. The molecule has 112 valence electrons. The van der Waals surface area contributed by atoms with E-state index < -0.39 is 0 Å². The zero-order valence-electron chi connectivity index (χ0n) is 11.7. The van der Waals surface area contributed by atoms with Crippen molar-refractivity contribution in [3.05, 3.63) is 59.7 Å². The van der Waals surface area contributed by atoms with Gasteiger partial charge < -0.3 is 9.47 Å². The molecule has 2 aromatic rings. The van der Waals surface area contributed by atoms with Crippen LogP contribution in [0.5, 0.6) is 11.5 Å². The van der Waals surface area contributed by atoms with Gasteiger partial charge in [0.1, 0.15) is 11.5 Å². The van der Waals surface area contributed by atoms with Gasteiger partial charge in [-0.1, -0.05) is 68.3 Å². The lowest BCUT2D eigenvalue weighted by Crippen LogP contribution is -2.06. The van der Waals surface area contributed by atoms with E-state index in [1.165, 1.54) is 11.1 Å². The summed E-state index contributed by atoms with van der Waals surface area (Å²) in [5, 5.41) is 1.61. The summed E-state index contributed by atoms with van der Waals surface area (Å²) in [5.74, 6) is 1.88. The second-order valence-corrected chi connectivity index (χ2v) is 5.65. The van der Waals surface area contributed by atoms with Gasteiger partial charge >= 0.3 is 0 Å². The Hall–Kier alpha value is -1.000. The molecule has 0 bridgehead atoms. The molecule has 21 heavy (non-hydrogen) atoms. The van der Waals surface area contributed by atoms with Crippen molar-refractivity contribution in [1.29, 1.82) is 0 Å². The van der Waals surface area contributed by atoms with Crippen LogP contribution >= 0.6 is 31.9 Å². The Morgan fingerprint density at radius 2 is 1.10 bits per heavy atom. The zero-order chi connectivity index (χ0) is 14.9. The molecule has 0 heterocycles. The predicted octanol–water partition coefficient (Wildman–Crippen LogP) is 5.32. The molecule has 0 amide bonds. The van der Waals surface area contributed by atoms with Crippen LogP contribution in [0.1, 0.15) is 17.5 Å². The largest absolute Gasteiger partial charge is 0.493 e. The van der Waals surface area contributed by atoms with Crippen LogP contribution in [-0.2, 0) is 10.7 Å². The van der Waals surface area contributed by atoms with E-state index in [9.17, 15) is 0 Å². The highest BCUT2D eigenvalue weighted by Gasteiger charge is 2.03. The lowest BCUT2D eigenvalue weighted by atomic mass is 10.2. The lowest BCUT2D eigenvalue weighted by molar-refractivity contribution is 0.245. The fourth-order valence-corrected chi connectivity index (χ4v) is 2.86. The van der Waals surface area contributed by atoms with Crippen molar-refractivity contribution < 1.29 is 9.47 Å². The number of hydrogen-bond donors (Lipinski definition) is 0. The first kappa shape index (κ1) is 16.4. The monoisotopic (exact) mass is 412 g/mol. The summed E-state index contributed by atoms with van der Waals surface area (Å²) in [5.41, 5.74) is 2.34. The second kappa shape index (κ2) is 9.11. The highest BCUT2D eigenvalue weighted by atomic mass is 79.9. The summed E-state index contributed by atoms with van der Waals surface area (Å²) in [4.78, 5) is 0. The third-order valence-electron chi connectivity index (χ3n) is 3.04. The van der Waals surface area contributed by atoms with E-state index in [4.69, 9.17) is 9.47 Å². The van der Waals surface area contributed by atoms with Crippen molar-refractivity contribution in [2.75, 3.05) is 13.2 Å². The van der Waals surface area contributed by atoms with Crippen LogP contribution in [-0.4, -0.2) is 13.2 Å². The number of para-hydroxylation sites is 2. The minimum atomic E-state index is 0.653. The fraction of sp³-hybridized carbons (Fsp3) is 0.294. The molecule has 2 nitrogen and oxygen atoms in total. The average Bonchev–Trinajstić information content (AvgIpc) is 2.55. The molecule has 0 aliphatic carbocycles. The van der Waals surface area contributed by atoms with E-state index in [2.05, 4.69) is 44.0 Å². The molecule has 2 aromatic carbocycles. The van der Waals surface area contributed by atoms with Gasteiger partial charge in [-0.2, -0.15) is 0 Å². The summed E-state index contributed by atoms with van der Waals surface area (Å²) < 4.78 is 11.6. The molecule has 0 spiro atoms. The first-order valence-corrected chi connectivity index (χ1v) is 9.12. The summed E-state index contributed by atoms with van der Waals surface area (Å²) >= 11 is 6.94. The molecule has 0 saturated heterocycles. The van der Waals surface area contributed by atoms with Crippen molar-refractivity contribution in [3.8, 4) is 11.5 Å². The molecule has 0 atom stereocenters. The summed E-state index contributed by atoms with van der Waals surface area (Å²) in [6.07, 6.45) is 0.854. The molecule has 0 radical (unpaired) electrons. The van der Waals surface area contributed by atoms with Crippen LogP contribution in [0.2, 0.25) is 0 Å². The van der Waals surface area contributed by atoms with Gasteiger partial charge in [0.15, 0.2) is 0 Å². The Morgan fingerprint density at radius 1 is 0.667 bits per heavy atom. The Bertz CT molecular complexity index is 508. The second-order valence-electron chi connectivity index (χ2n) is 4.53. The van der Waals surface area contributed by atoms with Gasteiger partial charge in [-0.3, -0.25) is 0 Å². The van der Waals surface area contributed by atoms with Gasteiger partial charge in [0.05, 0.1) is 13.2 Å². The maximum Gasteiger partial charge on any atom is 0.123 e. The highest BCUT2D eigenvalue weighted by molar-refractivity contribution is 9.08. The molecule has 2 rings (SSSR count). The molecule has 0 fully saturated rings. The van der Waals surface area contributed by atoms with Crippen molar-refractivity contribution in [1.82, 2.24) is 0 Å². The molecule has 0 unspecified atom stereocenters. The van der Waals surface area contributed by atoms with E-state index in [0.29, 0.717) is 13.2 Å². The Balaban J connectivity index is 1.75. The zero-order valence-corrected chi connectivity index (χ0v) is 14.9. The first-order valence-electron chi connectivity index (χ1n) is 6.88. The van der Waals surface area contributed by atoms with Crippen molar-refractivity contribution in [2.24, 2.45) is 0 Å². The van der Waals surface area contributed by atoms with Crippen molar-refractivity contribution in [3.63, 3.8) is 0 Å².